The second-order valence-electron chi connectivity index (χ2n) is 8.64. The molecule has 5 heteroatoms. The maximum Gasteiger partial charge on any atom is 0.356 e. The summed E-state index contributed by atoms with van der Waals surface area (Å²) < 4.78 is 11.5. The van der Waals surface area contributed by atoms with Crippen molar-refractivity contribution in [1.82, 2.24) is 0 Å². The Balaban J connectivity index is 1.96. The molecule has 0 spiro atoms. The number of hydrogen-bond donors (Lipinski definition) is 0. The van der Waals surface area contributed by atoms with E-state index in [0.717, 1.165) is 11.1 Å². The predicted molar refractivity (Wildman–Crippen MR) is 129 cm³/mol. The average Bonchev–Trinajstić information content (AvgIpc) is 2.80. The Labute approximate surface area is 195 Å². The van der Waals surface area contributed by atoms with Gasteiger partial charge < -0.3 is 9.47 Å². The number of esters is 2. The standard InChI is InChI=1S/C28H29NO4/c1-28(2,3)33-27(31)25(29-20-22-15-9-5-10-16-22)24(19-21-13-7-4-8-14-21)32-26(30)23-17-11-6-12-18-23/h4-18,24H,19-20H2,1-3H3. The molecule has 5 nitrogen and oxygen atoms in total. The van der Waals surface area contributed by atoms with E-state index in [1.54, 1.807) is 45.0 Å². The first-order valence-electron chi connectivity index (χ1n) is 10.9. The van der Waals surface area contributed by atoms with Gasteiger partial charge in [-0.1, -0.05) is 78.9 Å². The molecular formula is C28H29NO4. The molecule has 0 heterocycles. The second kappa shape index (κ2) is 11.2. The zero-order valence-electron chi connectivity index (χ0n) is 19.2. The van der Waals surface area contributed by atoms with E-state index in [9.17, 15) is 9.59 Å². The Hall–Kier alpha value is -3.73. The van der Waals surface area contributed by atoms with Gasteiger partial charge in [-0.25, -0.2) is 9.59 Å². The van der Waals surface area contributed by atoms with E-state index in [1.165, 1.54) is 0 Å². The molecule has 0 radical (unpaired) electrons. The van der Waals surface area contributed by atoms with Gasteiger partial charge in [0.05, 0.1) is 12.1 Å². The molecule has 0 amide bonds. The summed E-state index contributed by atoms with van der Waals surface area (Å²) in [6, 6.07) is 27.9. The van der Waals surface area contributed by atoms with Crippen molar-refractivity contribution in [2.24, 2.45) is 4.99 Å². The lowest BCUT2D eigenvalue weighted by molar-refractivity contribution is -0.146. The summed E-state index contributed by atoms with van der Waals surface area (Å²) in [5.41, 5.74) is 1.63. The van der Waals surface area contributed by atoms with Crippen molar-refractivity contribution < 1.29 is 19.1 Å². The highest BCUT2D eigenvalue weighted by molar-refractivity contribution is 6.38. The van der Waals surface area contributed by atoms with Gasteiger partial charge in [-0.15, -0.1) is 0 Å². The SMILES string of the molecule is CC(C)(C)OC(=O)C(=NCc1ccccc1)C(Cc1ccccc1)OC(=O)c1ccccc1. The molecule has 0 fully saturated rings. The number of carbonyl (C=O) groups excluding carboxylic acids is 2. The van der Waals surface area contributed by atoms with E-state index in [1.807, 2.05) is 66.7 Å². The Morgan fingerprint density at radius 2 is 1.30 bits per heavy atom. The lowest BCUT2D eigenvalue weighted by Gasteiger charge is -2.24. The van der Waals surface area contributed by atoms with Crippen molar-refractivity contribution in [2.45, 2.75) is 45.4 Å². The topological polar surface area (TPSA) is 65.0 Å². The molecular weight excluding hydrogens is 414 g/mol. The lowest BCUT2D eigenvalue weighted by atomic mass is 10.0. The molecule has 170 valence electrons. The van der Waals surface area contributed by atoms with Crippen LogP contribution in [0.25, 0.3) is 0 Å². The van der Waals surface area contributed by atoms with Crippen LogP contribution in [0.1, 0.15) is 42.3 Å². The summed E-state index contributed by atoms with van der Waals surface area (Å²) in [6.07, 6.45) is -0.606. The molecule has 0 aromatic heterocycles. The van der Waals surface area contributed by atoms with Crippen molar-refractivity contribution in [3.05, 3.63) is 108 Å². The summed E-state index contributed by atoms with van der Waals surface area (Å²) in [5, 5.41) is 0. The molecule has 3 aromatic carbocycles. The van der Waals surface area contributed by atoms with Crippen LogP contribution in [0.2, 0.25) is 0 Å². The van der Waals surface area contributed by atoms with Crippen LogP contribution in [-0.4, -0.2) is 29.4 Å². The Morgan fingerprint density at radius 3 is 1.85 bits per heavy atom. The zero-order chi connectivity index (χ0) is 23.7. The van der Waals surface area contributed by atoms with Gasteiger partial charge in [0.25, 0.3) is 0 Å². The minimum atomic E-state index is -0.904. The monoisotopic (exact) mass is 443 g/mol. The highest BCUT2D eigenvalue weighted by Crippen LogP contribution is 2.16. The van der Waals surface area contributed by atoms with Gasteiger partial charge in [0.1, 0.15) is 5.60 Å². The number of rotatable bonds is 8. The van der Waals surface area contributed by atoms with Gasteiger partial charge in [-0.3, -0.25) is 4.99 Å². The summed E-state index contributed by atoms with van der Waals surface area (Å²) in [4.78, 5) is 30.7. The maximum atomic E-state index is 13.2. The van der Waals surface area contributed by atoms with E-state index in [4.69, 9.17) is 9.47 Å². The van der Waals surface area contributed by atoms with E-state index < -0.39 is 23.6 Å². The van der Waals surface area contributed by atoms with E-state index in [0.29, 0.717) is 12.0 Å². The van der Waals surface area contributed by atoms with Crippen LogP contribution in [0.4, 0.5) is 0 Å². The molecule has 0 saturated carbocycles. The third-order valence-corrected chi connectivity index (χ3v) is 4.71. The third kappa shape index (κ3) is 7.72. The summed E-state index contributed by atoms with van der Waals surface area (Å²) >= 11 is 0. The third-order valence-electron chi connectivity index (χ3n) is 4.71. The van der Waals surface area contributed by atoms with Gasteiger partial charge in [-0.05, 0) is 44.0 Å². The van der Waals surface area contributed by atoms with E-state index >= 15 is 0 Å². The Bertz CT molecular complexity index is 1070. The Morgan fingerprint density at radius 1 is 0.788 bits per heavy atom. The molecule has 33 heavy (non-hydrogen) atoms. The molecule has 0 aliphatic rings. The largest absolute Gasteiger partial charge is 0.455 e. The van der Waals surface area contributed by atoms with Gasteiger partial charge in [0.15, 0.2) is 11.8 Å². The van der Waals surface area contributed by atoms with Gasteiger partial charge in [-0.2, -0.15) is 0 Å². The summed E-state index contributed by atoms with van der Waals surface area (Å²) in [6.45, 7) is 5.65. The predicted octanol–water partition coefficient (Wildman–Crippen LogP) is 5.44. The minimum Gasteiger partial charge on any atom is -0.455 e. The fraction of sp³-hybridized carbons (Fsp3) is 0.250. The summed E-state index contributed by atoms with van der Waals surface area (Å²) in [7, 11) is 0. The molecule has 0 bridgehead atoms. The zero-order valence-corrected chi connectivity index (χ0v) is 19.2. The quantitative estimate of drug-likeness (QED) is 0.344. The Kier molecular flexibility index (Phi) is 8.14. The normalized spacial score (nSPS) is 12.6. The van der Waals surface area contributed by atoms with E-state index in [-0.39, 0.29) is 12.3 Å². The van der Waals surface area contributed by atoms with Crippen LogP contribution in [-0.2, 0) is 27.2 Å². The van der Waals surface area contributed by atoms with Crippen LogP contribution in [0, 0.1) is 0 Å². The van der Waals surface area contributed by atoms with Crippen LogP contribution < -0.4 is 0 Å². The van der Waals surface area contributed by atoms with Gasteiger partial charge in [0.2, 0.25) is 0 Å². The molecule has 3 rings (SSSR count). The minimum absolute atomic E-state index is 0.0851. The number of nitrogens with zero attached hydrogens (tertiary/aromatic N) is 1. The fourth-order valence-corrected chi connectivity index (χ4v) is 3.18. The van der Waals surface area contributed by atoms with Crippen molar-refractivity contribution in [2.75, 3.05) is 0 Å². The van der Waals surface area contributed by atoms with Crippen LogP contribution in [0.15, 0.2) is 96.0 Å². The summed E-state index contributed by atoms with van der Waals surface area (Å²) in [5.74, 6) is -1.12. The molecule has 3 aromatic rings. The highest BCUT2D eigenvalue weighted by Gasteiger charge is 2.31. The smallest absolute Gasteiger partial charge is 0.356 e. The number of benzene rings is 3. The molecule has 1 atom stereocenters. The molecule has 0 aliphatic heterocycles. The first kappa shape index (κ1) is 23.9. The lowest BCUT2D eigenvalue weighted by Crippen LogP contribution is -2.39. The van der Waals surface area contributed by atoms with Crippen molar-refractivity contribution in [3.8, 4) is 0 Å². The second-order valence-corrected chi connectivity index (χ2v) is 8.64. The van der Waals surface area contributed by atoms with Gasteiger partial charge >= 0.3 is 11.9 Å². The molecule has 1 unspecified atom stereocenters. The van der Waals surface area contributed by atoms with Crippen molar-refractivity contribution in [1.29, 1.82) is 0 Å². The van der Waals surface area contributed by atoms with Crippen LogP contribution in [0.5, 0.6) is 0 Å². The average molecular weight is 444 g/mol. The van der Waals surface area contributed by atoms with Crippen molar-refractivity contribution in [3.63, 3.8) is 0 Å². The molecule has 0 N–H and O–H groups in total. The highest BCUT2D eigenvalue weighted by atomic mass is 16.6. The number of ether oxygens (including phenoxy) is 2. The first-order chi connectivity index (χ1) is 15.8. The first-order valence-corrected chi connectivity index (χ1v) is 10.9. The number of hydrogen-bond acceptors (Lipinski definition) is 5. The molecule has 0 saturated heterocycles. The van der Waals surface area contributed by atoms with Crippen LogP contribution in [0.3, 0.4) is 0 Å². The number of carbonyl (C=O) groups is 2. The van der Waals surface area contributed by atoms with Crippen LogP contribution >= 0.6 is 0 Å². The molecule has 0 aliphatic carbocycles. The van der Waals surface area contributed by atoms with Crippen molar-refractivity contribution >= 4 is 17.7 Å². The fourth-order valence-electron chi connectivity index (χ4n) is 3.18. The van der Waals surface area contributed by atoms with E-state index in [2.05, 4.69) is 4.99 Å². The maximum absolute atomic E-state index is 13.2. The van der Waals surface area contributed by atoms with Gasteiger partial charge in [0, 0.05) is 6.42 Å². The number of aliphatic imine (C=N–C) groups is 1.